The number of hydrogen-bond acceptors (Lipinski definition) is 4. The van der Waals surface area contributed by atoms with Gasteiger partial charge < -0.3 is 5.32 Å². The molecule has 1 rings (SSSR count). The summed E-state index contributed by atoms with van der Waals surface area (Å²) in [6.45, 7) is 5.86. The Labute approximate surface area is 69.5 Å². The molecule has 5 nitrogen and oxygen atoms in total. The SMILES string of the molecule is C=CCNc1nc(=O)[nH]nc1C. The highest BCUT2D eigenvalue weighted by Gasteiger charge is 1.99. The molecule has 5 heteroatoms. The lowest BCUT2D eigenvalue weighted by Crippen LogP contribution is -2.17. The van der Waals surface area contributed by atoms with Crippen LogP contribution in [-0.4, -0.2) is 21.7 Å². The van der Waals surface area contributed by atoms with E-state index in [-0.39, 0.29) is 0 Å². The molecule has 0 saturated heterocycles. The van der Waals surface area contributed by atoms with E-state index in [4.69, 9.17) is 0 Å². The molecule has 1 aromatic heterocycles. The predicted molar refractivity (Wildman–Crippen MR) is 46.1 cm³/mol. The highest BCUT2D eigenvalue weighted by molar-refractivity contribution is 5.37. The first-order valence-electron chi connectivity index (χ1n) is 3.52. The van der Waals surface area contributed by atoms with Gasteiger partial charge in [-0.25, -0.2) is 9.89 Å². The lowest BCUT2D eigenvalue weighted by Gasteiger charge is -2.02. The molecule has 0 aromatic carbocycles. The van der Waals surface area contributed by atoms with Gasteiger partial charge in [-0.05, 0) is 6.92 Å². The monoisotopic (exact) mass is 166 g/mol. The molecule has 0 aliphatic heterocycles. The Bertz CT molecular complexity index is 330. The van der Waals surface area contributed by atoms with E-state index >= 15 is 0 Å². The normalized spacial score (nSPS) is 9.42. The molecule has 12 heavy (non-hydrogen) atoms. The van der Waals surface area contributed by atoms with Crippen molar-refractivity contribution in [3.63, 3.8) is 0 Å². The Hall–Kier alpha value is -1.65. The highest BCUT2D eigenvalue weighted by atomic mass is 16.1. The maximum Gasteiger partial charge on any atom is 0.363 e. The van der Waals surface area contributed by atoms with E-state index in [0.717, 1.165) is 0 Å². The van der Waals surface area contributed by atoms with E-state index < -0.39 is 5.69 Å². The molecule has 0 spiro atoms. The molecule has 0 fully saturated rings. The van der Waals surface area contributed by atoms with Gasteiger partial charge in [0.2, 0.25) is 0 Å². The third-order valence-corrected chi connectivity index (χ3v) is 1.29. The number of aryl methyl sites for hydroxylation is 1. The van der Waals surface area contributed by atoms with Crippen molar-refractivity contribution < 1.29 is 0 Å². The zero-order valence-corrected chi connectivity index (χ0v) is 6.79. The van der Waals surface area contributed by atoms with E-state index in [2.05, 4.69) is 27.1 Å². The van der Waals surface area contributed by atoms with Gasteiger partial charge in [-0.3, -0.25) is 0 Å². The Balaban J connectivity index is 2.89. The van der Waals surface area contributed by atoms with Crippen molar-refractivity contribution >= 4 is 5.82 Å². The van der Waals surface area contributed by atoms with Crippen LogP contribution in [0.25, 0.3) is 0 Å². The smallest absolute Gasteiger partial charge is 0.363 e. The average Bonchev–Trinajstić information content (AvgIpc) is 2.07. The molecule has 1 aromatic rings. The first kappa shape index (κ1) is 8.45. The molecule has 0 saturated carbocycles. The molecule has 0 amide bonds. The molecular formula is C7H10N4O. The number of nitrogens with one attached hydrogen (secondary N) is 2. The van der Waals surface area contributed by atoms with Gasteiger partial charge in [0.1, 0.15) is 5.69 Å². The number of anilines is 1. The summed E-state index contributed by atoms with van der Waals surface area (Å²) in [7, 11) is 0. The molecule has 0 atom stereocenters. The second-order valence-electron chi connectivity index (χ2n) is 2.24. The van der Waals surface area contributed by atoms with Crippen molar-refractivity contribution in [2.45, 2.75) is 6.92 Å². The number of rotatable bonds is 3. The minimum atomic E-state index is -0.452. The highest BCUT2D eigenvalue weighted by Crippen LogP contribution is 2.01. The van der Waals surface area contributed by atoms with E-state index in [1.807, 2.05) is 0 Å². The zero-order chi connectivity index (χ0) is 8.97. The summed E-state index contributed by atoms with van der Waals surface area (Å²) in [6, 6.07) is 0. The first-order valence-corrected chi connectivity index (χ1v) is 3.52. The topological polar surface area (TPSA) is 70.7 Å². The number of aromatic nitrogens is 3. The van der Waals surface area contributed by atoms with E-state index in [1.54, 1.807) is 13.0 Å². The van der Waals surface area contributed by atoms with Crippen LogP contribution >= 0.6 is 0 Å². The zero-order valence-electron chi connectivity index (χ0n) is 6.79. The summed E-state index contributed by atoms with van der Waals surface area (Å²) in [6.07, 6.45) is 1.68. The Morgan fingerprint density at radius 1 is 1.75 bits per heavy atom. The van der Waals surface area contributed by atoms with Gasteiger partial charge in [0.15, 0.2) is 5.82 Å². The van der Waals surface area contributed by atoms with Crippen molar-refractivity contribution in [3.8, 4) is 0 Å². The lowest BCUT2D eigenvalue weighted by molar-refractivity contribution is 0.880. The van der Waals surface area contributed by atoms with Crippen LogP contribution in [-0.2, 0) is 0 Å². The maximum absolute atomic E-state index is 10.7. The van der Waals surface area contributed by atoms with Gasteiger partial charge in [0.05, 0.1) is 0 Å². The van der Waals surface area contributed by atoms with Gasteiger partial charge in [-0.1, -0.05) is 6.08 Å². The van der Waals surface area contributed by atoms with Crippen molar-refractivity contribution in [2.24, 2.45) is 0 Å². The first-order chi connectivity index (χ1) is 5.74. The van der Waals surface area contributed by atoms with Gasteiger partial charge in [-0.15, -0.1) is 6.58 Å². The molecule has 1 heterocycles. The molecular weight excluding hydrogens is 156 g/mol. The van der Waals surface area contributed by atoms with Crippen LogP contribution in [0.3, 0.4) is 0 Å². The molecule has 64 valence electrons. The molecule has 0 aliphatic carbocycles. The Morgan fingerprint density at radius 2 is 2.50 bits per heavy atom. The predicted octanol–water partition coefficient (Wildman–Crippen LogP) is 0.0712. The second kappa shape index (κ2) is 3.66. The molecule has 2 N–H and O–H groups in total. The standard InChI is InChI=1S/C7H10N4O/c1-3-4-8-6-5(2)10-11-7(12)9-6/h3H,1,4H2,2H3,(H2,8,9,11,12). The summed E-state index contributed by atoms with van der Waals surface area (Å²) in [5.41, 5.74) is 0.212. The van der Waals surface area contributed by atoms with Crippen molar-refractivity contribution in [2.75, 3.05) is 11.9 Å². The number of hydrogen-bond donors (Lipinski definition) is 2. The van der Waals surface area contributed by atoms with E-state index in [9.17, 15) is 4.79 Å². The summed E-state index contributed by atoms with van der Waals surface area (Å²) >= 11 is 0. The van der Waals surface area contributed by atoms with Crippen LogP contribution in [0.1, 0.15) is 5.69 Å². The van der Waals surface area contributed by atoms with Crippen LogP contribution in [0.2, 0.25) is 0 Å². The molecule has 0 unspecified atom stereocenters. The Kier molecular flexibility index (Phi) is 2.57. The fourth-order valence-electron chi connectivity index (χ4n) is 0.728. The second-order valence-corrected chi connectivity index (χ2v) is 2.24. The summed E-state index contributed by atoms with van der Waals surface area (Å²) in [5.74, 6) is 0.499. The van der Waals surface area contributed by atoms with Crippen LogP contribution in [0.4, 0.5) is 5.82 Å². The summed E-state index contributed by atoms with van der Waals surface area (Å²) in [5, 5.41) is 8.86. The van der Waals surface area contributed by atoms with E-state index in [0.29, 0.717) is 18.1 Å². The summed E-state index contributed by atoms with van der Waals surface area (Å²) < 4.78 is 0. The summed E-state index contributed by atoms with van der Waals surface area (Å²) in [4.78, 5) is 14.4. The maximum atomic E-state index is 10.7. The largest absolute Gasteiger partial charge is 0.365 e. The van der Waals surface area contributed by atoms with Gasteiger partial charge in [0, 0.05) is 6.54 Å². The third kappa shape index (κ3) is 1.91. The molecule has 0 bridgehead atoms. The van der Waals surface area contributed by atoms with Crippen LogP contribution < -0.4 is 11.0 Å². The molecule has 0 aliphatic rings. The Morgan fingerprint density at radius 3 is 3.17 bits per heavy atom. The van der Waals surface area contributed by atoms with Crippen molar-refractivity contribution in [1.29, 1.82) is 0 Å². The van der Waals surface area contributed by atoms with Gasteiger partial charge >= 0.3 is 5.69 Å². The third-order valence-electron chi connectivity index (χ3n) is 1.29. The van der Waals surface area contributed by atoms with Crippen molar-refractivity contribution in [3.05, 3.63) is 28.8 Å². The number of nitrogens with zero attached hydrogens (tertiary/aromatic N) is 2. The van der Waals surface area contributed by atoms with Crippen LogP contribution in [0, 0.1) is 6.92 Å². The van der Waals surface area contributed by atoms with Crippen LogP contribution in [0.5, 0.6) is 0 Å². The molecule has 0 radical (unpaired) electrons. The fraction of sp³-hybridized carbons (Fsp3) is 0.286. The fourth-order valence-corrected chi connectivity index (χ4v) is 0.728. The minimum absolute atomic E-state index is 0.452. The van der Waals surface area contributed by atoms with Gasteiger partial charge in [-0.2, -0.15) is 10.1 Å². The number of H-pyrrole nitrogens is 1. The van der Waals surface area contributed by atoms with E-state index in [1.165, 1.54) is 0 Å². The average molecular weight is 166 g/mol. The number of aromatic amines is 1. The van der Waals surface area contributed by atoms with Crippen LogP contribution in [0.15, 0.2) is 17.4 Å². The quantitative estimate of drug-likeness (QED) is 0.623. The van der Waals surface area contributed by atoms with Gasteiger partial charge in [0.25, 0.3) is 0 Å². The lowest BCUT2D eigenvalue weighted by atomic mass is 10.4. The minimum Gasteiger partial charge on any atom is -0.365 e. The van der Waals surface area contributed by atoms with Crippen molar-refractivity contribution in [1.82, 2.24) is 15.2 Å².